The molecule has 0 aliphatic heterocycles. The van der Waals surface area contributed by atoms with Crippen LogP contribution in [0.5, 0.6) is 0 Å². The smallest absolute Gasteiger partial charge is 0.221 e. The maximum Gasteiger partial charge on any atom is 0.221 e. The molecular weight excluding hydrogens is 180 g/mol. The third-order valence-electron chi connectivity index (χ3n) is 1.97. The molecule has 1 aromatic rings. The summed E-state index contributed by atoms with van der Waals surface area (Å²) in [5.74, 6) is 0.925. The Bertz CT molecular complexity index is 303. The van der Waals surface area contributed by atoms with Crippen LogP contribution in [-0.2, 0) is 0 Å². The number of rotatable bonds is 4. The number of hydrogen-bond acceptors (Lipinski definition) is 5. The fraction of sp³-hybridized carbons (Fsp3) is 0.556. The van der Waals surface area contributed by atoms with Gasteiger partial charge in [0.1, 0.15) is 5.82 Å². The second-order valence-corrected chi connectivity index (χ2v) is 3.20. The molecule has 0 aliphatic carbocycles. The molecule has 0 saturated carbocycles. The lowest BCUT2D eigenvalue weighted by atomic mass is 10.2. The summed E-state index contributed by atoms with van der Waals surface area (Å²) in [7, 11) is 0. The molecule has 1 rings (SSSR count). The number of aliphatic hydroxyl groups is 1. The summed E-state index contributed by atoms with van der Waals surface area (Å²) in [5.41, 5.74) is 6.36. The van der Waals surface area contributed by atoms with E-state index in [1.165, 1.54) is 0 Å². The van der Waals surface area contributed by atoms with Crippen molar-refractivity contribution in [3.8, 4) is 0 Å². The van der Waals surface area contributed by atoms with Gasteiger partial charge < -0.3 is 16.2 Å². The minimum atomic E-state index is -0.356. The summed E-state index contributed by atoms with van der Waals surface area (Å²) in [4.78, 5) is 7.87. The number of hydrogen-bond donors (Lipinski definition) is 3. The molecule has 0 saturated heterocycles. The van der Waals surface area contributed by atoms with Crippen LogP contribution in [0.15, 0.2) is 6.20 Å². The van der Waals surface area contributed by atoms with Gasteiger partial charge in [-0.25, -0.2) is 4.98 Å². The SMILES string of the molecule is CCC(O)CNc1nc(N)ncc1C. The molecule has 0 amide bonds. The van der Waals surface area contributed by atoms with Gasteiger partial charge in [0.15, 0.2) is 0 Å². The molecule has 0 fully saturated rings. The van der Waals surface area contributed by atoms with Crippen LogP contribution in [-0.4, -0.2) is 27.7 Å². The van der Waals surface area contributed by atoms with Crippen molar-refractivity contribution in [1.29, 1.82) is 0 Å². The van der Waals surface area contributed by atoms with E-state index in [1.807, 2.05) is 13.8 Å². The Morgan fingerprint density at radius 2 is 2.36 bits per heavy atom. The van der Waals surface area contributed by atoms with E-state index < -0.39 is 0 Å². The molecule has 14 heavy (non-hydrogen) atoms. The number of aryl methyl sites for hydroxylation is 1. The summed E-state index contributed by atoms with van der Waals surface area (Å²) >= 11 is 0. The van der Waals surface area contributed by atoms with Crippen molar-refractivity contribution >= 4 is 11.8 Å². The maximum atomic E-state index is 9.34. The molecule has 1 aromatic heterocycles. The average Bonchev–Trinajstić information content (AvgIpc) is 2.19. The Morgan fingerprint density at radius 1 is 1.64 bits per heavy atom. The van der Waals surface area contributed by atoms with E-state index >= 15 is 0 Å². The zero-order valence-corrected chi connectivity index (χ0v) is 8.49. The Labute approximate surface area is 83.4 Å². The van der Waals surface area contributed by atoms with Gasteiger partial charge in [-0.2, -0.15) is 4.98 Å². The number of anilines is 2. The number of nitrogens with one attached hydrogen (secondary N) is 1. The van der Waals surface area contributed by atoms with Crippen molar-refractivity contribution in [2.24, 2.45) is 0 Å². The third-order valence-corrected chi connectivity index (χ3v) is 1.97. The molecule has 0 spiro atoms. The molecule has 0 radical (unpaired) electrons. The summed E-state index contributed by atoms with van der Waals surface area (Å²) in [5, 5.41) is 12.4. The maximum absolute atomic E-state index is 9.34. The summed E-state index contributed by atoms with van der Waals surface area (Å²) in [6.45, 7) is 4.29. The predicted octanol–water partition coefficient (Wildman–Crippen LogP) is 0.550. The van der Waals surface area contributed by atoms with Gasteiger partial charge in [-0.05, 0) is 13.3 Å². The van der Waals surface area contributed by atoms with E-state index in [0.717, 1.165) is 5.56 Å². The first kappa shape index (κ1) is 10.7. The first-order chi connectivity index (χ1) is 6.63. The first-order valence-corrected chi connectivity index (χ1v) is 4.64. The van der Waals surface area contributed by atoms with Gasteiger partial charge in [0, 0.05) is 18.3 Å². The predicted molar refractivity (Wildman–Crippen MR) is 56.0 cm³/mol. The number of nitrogens with two attached hydrogens (primary N) is 1. The van der Waals surface area contributed by atoms with E-state index in [2.05, 4.69) is 15.3 Å². The highest BCUT2D eigenvalue weighted by Crippen LogP contribution is 2.10. The van der Waals surface area contributed by atoms with Gasteiger partial charge in [0.05, 0.1) is 6.10 Å². The van der Waals surface area contributed by atoms with E-state index in [1.54, 1.807) is 6.20 Å². The topological polar surface area (TPSA) is 84.1 Å². The van der Waals surface area contributed by atoms with Crippen molar-refractivity contribution in [1.82, 2.24) is 9.97 Å². The highest BCUT2D eigenvalue weighted by atomic mass is 16.3. The normalized spacial score (nSPS) is 12.5. The van der Waals surface area contributed by atoms with E-state index in [4.69, 9.17) is 5.73 Å². The second kappa shape index (κ2) is 4.76. The van der Waals surface area contributed by atoms with Gasteiger partial charge in [-0.1, -0.05) is 6.92 Å². The van der Waals surface area contributed by atoms with Crippen LogP contribution < -0.4 is 11.1 Å². The minimum absolute atomic E-state index is 0.240. The van der Waals surface area contributed by atoms with Crippen molar-refractivity contribution < 1.29 is 5.11 Å². The van der Waals surface area contributed by atoms with Crippen molar-refractivity contribution in [2.75, 3.05) is 17.6 Å². The van der Waals surface area contributed by atoms with Crippen molar-refractivity contribution in [3.63, 3.8) is 0 Å². The third kappa shape index (κ3) is 2.85. The Morgan fingerprint density at radius 3 is 3.00 bits per heavy atom. The van der Waals surface area contributed by atoms with Crippen LogP contribution >= 0.6 is 0 Å². The van der Waals surface area contributed by atoms with Gasteiger partial charge in [-0.15, -0.1) is 0 Å². The Hall–Kier alpha value is -1.36. The molecule has 5 heteroatoms. The molecular formula is C9H16N4O. The molecule has 1 heterocycles. The van der Waals surface area contributed by atoms with E-state index in [0.29, 0.717) is 18.8 Å². The van der Waals surface area contributed by atoms with E-state index in [9.17, 15) is 5.11 Å². The fourth-order valence-electron chi connectivity index (χ4n) is 0.993. The fourth-order valence-corrected chi connectivity index (χ4v) is 0.993. The lowest BCUT2D eigenvalue weighted by Crippen LogP contribution is -2.19. The Kier molecular flexibility index (Phi) is 3.64. The van der Waals surface area contributed by atoms with Gasteiger partial charge >= 0.3 is 0 Å². The number of nitrogens with zero attached hydrogens (tertiary/aromatic N) is 2. The molecule has 0 aromatic carbocycles. The van der Waals surface area contributed by atoms with Crippen LogP contribution in [0.25, 0.3) is 0 Å². The number of aliphatic hydroxyl groups excluding tert-OH is 1. The summed E-state index contributed by atoms with van der Waals surface area (Å²) in [6.07, 6.45) is 2.01. The number of nitrogen functional groups attached to an aromatic ring is 1. The van der Waals surface area contributed by atoms with Crippen LogP contribution in [0.2, 0.25) is 0 Å². The average molecular weight is 196 g/mol. The molecule has 0 bridgehead atoms. The van der Waals surface area contributed by atoms with Gasteiger partial charge in [0.2, 0.25) is 5.95 Å². The minimum Gasteiger partial charge on any atom is -0.391 e. The molecule has 0 aliphatic rings. The van der Waals surface area contributed by atoms with Crippen LogP contribution in [0.3, 0.4) is 0 Å². The monoisotopic (exact) mass is 196 g/mol. The van der Waals surface area contributed by atoms with Gasteiger partial charge in [0.25, 0.3) is 0 Å². The lowest BCUT2D eigenvalue weighted by molar-refractivity contribution is 0.183. The molecule has 5 nitrogen and oxygen atoms in total. The quantitative estimate of drug-likeness (QED) is 0.655. The zero-order chi connectivity index (χ0) is 10.6. The Balaban J connectivity index is 2.62. The molecule has 1 unspecified atom stereocenters. The molecule has 4 N–H and O–H groups in total. The molecule has 1 atom stereocenters. The van der Waals surface area contributed by atoms with Crippen molar-refractivity contribution in [3.05, 3.63) is 11.8 Å². The number of aromatic nitrogens is 2. The summed E-state index contributed by atoms with van der Waals surface area (Å²) in [6, 6.07) is 0. The molecule has 78 valence electrons. The van der Waals surface area contributed by atoms with E-state index in [-0.39, 0.29) is 12.1 Å². The van der Waals surface area contributed by atoms with Crippen molar-refractivity contribution in [2.45, 2.75) is 26.4 Å². The largest absolute Gasteiger partial charge is 0.391 e. The van der Waals surface area contributed by atoms with Crippen LogP contribution in [0.4, 0.5) is 11.8 Å². The first-order valence-electron chi connectivity index (χ1n) is 4.64. The second-order valence-electron chi connectivity index (χ2n) is 3.20. The standard InChI is InChI=1S/C9H16N4O/c1-3-7(14)5-11-8-6(2)4-12-9(10)13-8/h4,7,14H,3,5H2,1-2H3,(H3,10,11,12,13). The highest BCUT2D eigenvalue weighted by molar-refractivity contribution is 5.45. The van der Waals surface area contributed by atoms with Crippen LogP contribution in [0, 0.1) is 6.92 Å². The van der Waals surface area contributed by atoms with Crippen LogP contribution in [0.1, 0.15) is 18.9 Å². The zero-order valence-electron chi connectivity index (χ0n) is 8.49. The lowest BCUT2D eigenvalue weighted by Gasteiger charge is -2.11. The highest BCUT2D eigenvalue weighted by Gasteiger charge is 2.04. The summed E-state index contributed by atoms with van der Waals surface area (Å²) < 4.78 is 0. The van der Waals surface area contributed by atoms with Gasteiger partial charge in [-0.3, -0.25) is 0 Å².